The third-order valence-corrected chi connectivity index (χ3v) is 4.82. The van der Waals surface area contributed by atoms with E-state index in [-0.39, 0.29) is 18.0 Å². The maximum Gasteiger partial charge on any atom is 0.242 e. The summed E-state index contributed by atoms with van der Waals surface area (Å²) in [6, 6.07) is 14.0. The van der Waals surface area contributed by atoms with Crippen molar-refractivity contribution < 1.29 is 4.79 Å². The lowest BCUT2D eigenvalue weighted by Gasteiger charge is -2.27. The number of amides is 1. The van der Waals surface area contributed by atoms with Gasteiger partial charge in [-0.2, -0.15) is 0 Å². The van der Waals surface area contributed by atoms with Crippen LogP contribution in [0.3, 0.4) is 0 Å². The minimum atomic E-state index is -0.276. The molecule has 0 bridgehead atoms. The van der Waals surface area contributed by atoms with Gasteiger partial charge in [0.2, 0.25) is 5.91 Å². The van der Waals surface area contributed by atoms with E-state index in [0.29, 0.717) is 6.54 Å². The van der Waals surface area contributed by atoms with Crippen molar-refractivity contribution in [3.8, 4) is 0 Å². The molecule has 0 saturated heterocycles. The molecule has 23 heavy (non-hydrogen) atoms. The molecule has 1 aromatic heterocycles. The van der Waals surface area contributed by atoms with Gasteiger partial charge >= 0.3 is 0 Å². The van der Waals surface area contributed by atoms with Crippen molar-refractivity contribution in [2.45, 2.75) is 12.1 Å². The predicted octanol–water partition coefficient (Wildman–Crippen LogP) is 2.77. The molecule has 0 aliphatic heterocycles. The number of likely N-dealkylation sites (N-methyl/N-ethyl adjacent to an activating group) is 2. The molecule has 2 aromatic rings. The Balaban J connectivity index is 2.07. The Labute approximate surface area is 142 Å². The number of thiophene rings is 1. The van der Waals surface area contributed by atoms with Crippen LogP contribution in [0, 0.1) is 0 Å². The summed E-state index contributed by atoms with van der Waals surface area (Å²) in [5.41, 5.74) is 1.01. The molecule has 0 fully saturated rings. The summed E-state index contributed by atoms with van der Waals surface area (Å²) < 4.78 is 0. The second-order valence-electron chi connectivity index (χ2n) is 6.02. The average molecular weight is 331 g/mol. The molecular formula is C18H25N3OS. The first-order valence-corrected chi connectivity index (χ1v) is 8.57. The van der Waals surface area contributed by atoms with Crippen LogP contribution in [0.25, 0.3) is 0 Å². The summed E-state index contributed by atoms with van der Waals surface area (Å²) >= 11 is 1.72. The number of nitrogens with zero attached hydrogens (tertiary/aromatic N) is 2. The first-order chi connectivity index (χ1) is 11.0. The van der Waals surface area contributed by atoms with Crippen LogP contribution in [0.5, 0.6) is 0 Å². The van der Waals surface area contributed by atoms with Gasteiger partial charge in [0.25, 0.3) is 0 Å². The maximum absolute atomic E-state index is 12.7. The Morgan fingerprint density at radius 1 is 1.04 bits per heavy atom. The number of carbonyl (C=O) groups excluding carboxylic acids is 1. The standard InChI is InChI=1S/C18H25N3OS/c1-20(2)15(16-11-8-12-23-16)13-19-18(22)17(21(3)4)14-9-6-5-7-10-14/h5-12,15,17H,13H2,1-4H3,(H,19,22). The third kappa shape index (κ3) is 4.64. The molecule has 0 aliphatic rings. The fraction of sp³-hybridized carbons (Fsp3) is 0.389. The highest BCUT2D eigenvalue weighted by molar-refractivity contribution is 7.10. The molecule has 124 valence electrons. The Hall–Kier alpha value is -1.69. The van der Waals surface area contributed by atoms with Gasteiger partial charge in [0.05, 0.1) is 6.04 Å². The first kappa shape index (κ1) is 17.7. The number of rotatable bonds is 7. The number of benzene rings is 1. The van der Waals surface area contributed by atoms with Crippen molar-refractivity contribution in [1.82, 2.24) is 15.1 Å². The van der Waals surface area contributed by atoms with E-state index in [1.165, 1.54) is 4.88 Å². The van der Waals surface area contributed by atoms with Gasteiger partial charge in [-0.1, -0.05) is 36.4 Å². The Morgan fingerprint density at radius 3 is 2.26 bits per heavy atom. The van der Waals surface area contributed by atoms with Crippen LogP contribution in [-0.2, 0) is 4.79 Å². The van der Waals surface area contributed by atoms with Gasteiger partial charge in [-0.25, -0.2) is 0 Å². The number of carbonyl (C=O) groups is 1. The maximum atomic E-state index is 12.7. The van der Waals surface area contributed by atoms with E-state index >= 15 is 0 Å². The molecule has 0 aliphatic carbocycles. The van der Waals surface area contributed by atoms with Crippen LogP contribution in [0.1, 0.15) is 22.5 Å². The third-order valence-electron chi connectivity index (χ3n) is 3.84. The zero-order valence-electron chi connectivity index (χ0n) is 14.2. The minimum Gasteiger partial charge on any atom is -0.352 e. The molecule has 0 saturated carbocycles. The van der Waals surface area contributed by atoms with Crippen LogP contribution < -0.4 is 5.32 Å². The van der Waals surface area contributed by atoms with E-state index in [1.807, 2.05) is 69.5 Å². The van der Waals surface area contributed by atoms with Crippen LogP contribution in [0.4, 0.5) is 0 Å². The highest BCUT2D eigenvalue weighted by Crippen LogP contribution is 2.23. The molecule has 2 atom stereocenters. The molecule has 1 heterocycles. The molecule has 2 unspecified atom stereocenters. The van der Waals surface area contributed by atoms with E-state index in [2.05, 4.69) is 21.7 Å². The zero-order valence-corrected chi connectivity index (χ0v) is 15.0. The minimum absolute atomic E-state index is 0.0320. The molecule has 1 amide bonds. The number of hydrogen-bond donors (Lipinski definition) is 1. The molecule has 0 radical (unpaired) electrons. The van der Waals surface area contributed by atoms with Gasteiger partial charge in [0.15, 0.2) is 0 Å². The van der Waals surface area contributed by atoms with E-state index in [9.17, 15) is 4.79 Å². The molecular weight excluding hydrogens is 306 g/mol. The second kappa shape index (κ2) is 8.24. The summed E-state index contributed by atoms with van der Waals surface area (Å²) in [6.45, 7) is 0.601. The number of hydrogen-bond acceptors (Lipinski definition) is 4. The predicted molar refractivity (Wildman–Crippen MR) is 96.6 cm³/mol. The zero-order chi connectivity index (χ0) is 16.8. The SMILES string of the molecule is CN(C)C(CNC(=O)C(c1ccccc1)N(C)C)c1cccs1. The fourth-order valence-corrected chi connectivity index (χ4v) is 3.55. The largest absolute Gasteiger partial charge is 0.352 e. The van der Waals surface area contributed by atoms with E-state index in [4.69, 9.17) is 0 Å². The van der Waals surface area contributed by atoms with Gasteiger partial charge in [0.1, 0.15) is 6.04 Å². The monoisotopic (exact) mass is 331 g/mol. The van der Waals surface area contributed by atoms with Crippen LogP contribution in [-0.4, -0.2) is 50.4 Å². The average Bonchev–Trinajstić information content (AvgIpc) is 3.02. The summed E-state index contributed by atoms with van der Waals surface area (Å²) in [6.07, 6.45) is 0. The lowest BCUT2D eigenvalue weighted by Crippen LogP contribution is -2.40. The highest BCUT2D eigenvalue weighted by Gasteiger charge is 2.24. The first-order valence-electron chi connectivity index (χ1n) is 7.69. The molecule has 2 rings (SSSR count). The molecule has 5 heteroatoms. The summed E-state index contributed by atoms with van der Waals surface area (Å²) in [5, 5.41) is 5.19. The summed E-state index contributed by atoms with van der Waals surface area (Å²) in [5.74, 6) is 0.0320. The Kier molecular flexibility index (Phi) is 6.33. The van der Waals surface area contributed by atoms with Crippen molar-refractivity contribution in [2.24, 2.45) is 0 Å². The fourth-order valence-electron chi connectivity index (χ4n) is 2.63. The van der Waals surface area contributed by atoms with Gasteiger partial charge in [-0.05, 0) is 45.2 Å². The summed E-state index contributed by atoms with van der Waals surface area (Å²) in [7, 11) is 7.94. The lowest BCUT2D eigenvalue weighted by molar-refractivity contribution is -0.126. The van der Waals surface area contributed by atoms with Crippen LogP contribution in [0.2, 0.25) is 0 Å². The summed E-state index contributed by atoms with van der Waals surface area (Å²) in [4.78, 5) is 18.1. The van der Waals surface area contributed by atoms with E-state index in [1.54, 1.807) is 11.3 Å². The molecule has 1 N–H and O–H groups in total. The van der Waals surface area contributed by atoms with Crippen molar-refractivity contribution in [3.63, 3.8) is 0 Å². The Morgan fingerprint density at radius 2 is 1.74 bits per heavy atom. The van der Waals surface area contributed by atoms with Gasteiger partial charge in [0, 0.05) is 11.4 Å². The quantitative estimate of drug-likeness (QED) is 0.847. The molecule has 4 nitrogen and oxygen atoms in total. The van der Waals surface area contributed by atoms with Crippen molar-refractivity contribution in [1.29, 1.82) is 0 Å². The Bertz CT molecular complexity index is 596. The van der Waals surface area contributed by atoms with Gasteiger partial charge < -0.3 is 10.2 Å². The molecule has 1 aromatic carbocycles. The second-order valence-corrected chi connectivity index (χ2v) is 7.00. The van der Waals surface area contributed by atoms with E-state index in [0.717, 1.165) is 5.56 Å². The van der Waals surface area contributed by atoms with Gasteiger partial charge in [-0.3, -0.25) is 9.69 Å². The van der Waals surface area contributed by atoms with Gasteiger partial charge in [-0.15, -0.1) is 11.3 Å². The normalized spacial score (nSPS) is 14.0. The lowest BCUT2D eigenvalue weighted by atomic mass is 10.1. The number of nitrogens with one attached hydrogen (secondary N) is 1. The van der Waals surface area contributed by atoms with Crippen molar-refractivity contribution in [3.05, 3.63) is 58.3 Å². The van der Waals surface area contributed by atoms with Crippen LogP contribution >= 0.6 is 11.3 Å². The van der Waals surface area contributed by atoms with Crippen LogP contribution in [0.15, 0.2) is 47.8 Å². The van der Waals surface area contributed by atoms with E-state index < -0.39 is 0 Å². The smallest absolute Gasteiger partial charge is 0.242 e. The molecule has 0 spiro atoms. The topological polar surface area (TPSA) is 35.6 Å². The van der Waals surface area contributed by atoms with Crippen molar-refractivity contribution >= 4 is 17.2 Å². The highest BCUT2D eigenvalue weighted by atomic mass is 32.1. The van der Waals surface area contributed by atoms with Crippen molar-refractivity contribution in [2.75, 3.05) is 34.7 Å².